The molecule has 0 spiro atoms. The summed E-state index contributed by atoms with van der Waals surface area (Å²) >= 11 is 0. The van der Waals surface area contributed by atoms with Gasteiger partial charge in [-0.3, -0.25) is 9.59 Å². The van der Waals surface area contributed by atoms with E-state index in [-0.39, 0.29) is 30.0 Å². The van der Waals surface area contributed by atoms with E-state index in [1.807, 2.05) is 23.1 Å². The van der Waals surface area contributed by atoms with Crippen LogP contribution in [0.3, 0.4) is 0 Å². The molecule has 1 amide bonds. The Hall–Kier alpha value is -3.67. The van der Waals surface area contributed by atoms with Gasteiger partial charge in [-0.1, -0.05) is 42.5 Å². The fourth-order valence-corrected chi connectivity index (χ4v) is 5.09. The Bertz CT molecular complexity index is 1260. The second-order valence-corrected chi connectivity index (χ2v) is 9.03. The Morgan fingerprint density at radius 1 is 1.06 bits per heavy atom. The van der Waals surface area contributed by atoms with E-state index in [0.717, 1.165) is 17.5 Å². The summed E-state index contributed by atoms with van der Waals surface area (Å²) in [6, 6.07) is 18.5. The van der Waals surface area contributed by atoms with Crippen molar-refractivity contribution < 1.29 is 23.8 Å². The number of carboxylic acid groups (broad SMARTS) is 1. The molecule has 1 fully saturated rings. The summed E-state index contributed by atoms with van der Waals surface area (Å²) in [5, 5.41) is 9.22. The lowest BCUT2D eigenvalue weighted by Gasteiger charge is -2.31. The van der Waals surface area contributed by atoms with Gasteiger partial charge in [-0.15, -0.1) is 0 Å². The van der Waals surface area contributed by atoms with Gasteiger partial charge in [-0.05, 0) is 64.8 Å². The Morgan fingerprint density at radius 2 is 1.85 bits per heavy atom. The number of aliphatic carboxylic acids is 1. The SMILES string of the molecule is COc1ccc(CC(=O)O)cc1-c1ccc(F)c2c1CN(C(=O)[C@@H]1C[C@H]1c1ccccc1)CC2. The molecule has 1 N–H and O–H groups in total. The van der Waals surface area contributed by atoms with Crippen LogP contribution in [0.4, 0.5) is 4.39 Å². The largest absolute Gasteiger partial charge is 0.496 e. The quantitative estimate of drug-likeness (QED) is 0.574. The van der Waals surface area contributed by atoms with Crippen LogP contribution in [0.5, 0.6) is 5.75 Å². The number of carbonyl (C=O) groups is 2. The Labute approximate surface area is 197 Å². The molecule has 5 rings (SSSR count). The van der Waals surface area contributed by atoms with E-state index in [1.54, 1.807) is 31.4 Å². The van der Waals surface area contributed by atoms with Crippen LogP contribution in [0, 0.1) is 11.7 Å². The van der Waals surface area contributed by atoms with E-state index in [9.17, 15) is 19.1 Å². The third kappa shape index (κ3) is 4.16. The molecule has 0 aromatic heterocycles. The number of hydrogen-bond acceptors (Lipinski definition) is 3. The topological polar surface area (TPSA) is 66.8 Å². The molecule has 1 aliphatic heterocycles. The van der Waals surface area contributed by atoms with Crippen molar-refractivity contribution in [3.05, 3.63) is 88.7 Å². The lowest BCUT2D eigenvalue weighted by Crippen LogP contribution is -2.37. The molecule has 6 heteroatoms. The van der Waals surface area contributed by atoms with Crippen LogP contribution in [0.15, 0.2) is 60.7 Å². The molecule has 34 heavy (non-hydrogen) atoms. The first kappa shape index (κ1) is 22.1. The zero-order chi connectivity index (χ0) is 23.8. The fraction of sp³-hybridized carbons (Fsp3) is 0.286. The van der Waals surface area contributed by atoms with E-state index in [1.165, 1.54) is 11.6 Å². The number of benzene rings is 3. The third-order valence-electron chi connectivity index (χ3n) is 6.91. The molecule has 2 atom stereocenters. The monoisotopic (exact) mass is 459 g/mol. The molecule has 1 heterocycles. The highest BCUT2D eigenvalue weighted by Gasteiger charge is 2.46. The van der Waals surface area contributed by atoms with Crippen LogP contribution in [0.2, 0.25) is 0 Å². The summed E-state index contributed by atoms with van der Waals surface area (Å²) in [4.78, 5) is 26.4. The average Bonchev–Trinajstić information content (AvgIpc) is 3.65. The van der Waals surface area contributed by atoms with Crippen molar-refractivity contribution >= 4 is 11.9 Å². The number of carbonyl (C=O) groups excluding carboxylic acids is 1. The van der Waals surface area contributed by atoms with Gasteiger partial charge in [-0.25, -0.2) is 4.39 Å². The number of ether oxygens (including phenoxy) is 1. The van der Waals surface area contributed by atoms with Gasteiger partial charge in [0.2, 0.25) is 5.91 Å². The van der Waals surface area contributed by atoms with Crippen LogP contribution in [0.25, 0.3) is 11.1 Å². The van der Waals surface area contributed by atoms with Crippen molar-refractivity contribution in [3.63, 3.8) is 0 Å². The van der Waals surface area contributed by atoms with Crippen molar-refractivity contribution in [2.75, 3.05) is 13.7 Å². The Balaban J connectivity index is 1.46. The second kappa shape index (κ2) is 8.93. The van der Waals surface area contributed by atoms with E-state index in [4.69, 9.17) is 4.74 Å². The number of fused-ring (bicyclic) bond motifs is 1. The summed E-state index contributed by atoms with van der Waals surface area (Å²) in [5.41, 5.74) is 4.68. The first-order valence-corrected chi connectivity index (χ1v) is 11.5. The summed E-state index contributed by atoms with van der Waals surface area (Å²) in [6.07, 6.45) is 1.17. The van der Waals surface area contributed by atoms with Crippen LogP contribution >= 0.6 is 0 Å². The fourth-order valence-electron chi connectivity index (χ4n) is 5.09. The number of rotatable bonds is 6. The van der Waals surface area contributed by atoms with E-state index in [0.29, 0.717) is 42.0 Å². The number of carboxylic acids is 1. The summed E-state index contributed by atoms with van der Waals surface area (Å²) in [6.45, 7) is 0.811. The average molecular weight is 460 g/mol. The van der Waals surface area contributed by atoms with Gasteiger partial charge in [0.15, 0.2) is 0 Å². The molecular weight excluding hydrogens is 433 g/mol. The van der Waals surface area contributed by atoms with E-state index >= 15 is 0 Å². The van der Waals surface area contributed by atoms with Crippen LogP contribution in [-0.2, 0) is 29.0 Å². The number of amides is 1. The minimum absolute atomic E-state index is 0.0330. The summed E-state index contributed by atoms with van der Waals surface area (Å²) in [7, 11) is 1.55. The standard InChI is InChI=1S/C28H26FNO4/c1-34-26-10-7-17(14-27(31)32)13-22(26)19-8-9-25(29)20-11-12-30(16-24(19)20)28(33)23-15-21(23)18-5-3-2-4-6-18/h2-10,13,21,23H,11-12,14-16H2,1H3,(H,31,32)/t21-,23+/m0/s1. The van der Waals surface area contributed by atoms with Gasteiger partial charge in [-0.2, -0.15) is 0 Å². The highest BCUT2D eigenvalue weighted by atomic mass is 19.1. The van der Waals surface area contributed by atoms with Crippen molar-refractivity contribution in [1.29, 1.82) is 0 Å². The molecular formula is C28H26FNO4. The normalized spacial score (nSPS) is 18.8. The number of hydrogen-bond donors (Lipinski definition) is 1. The highest BCUT2D eigenvalue weighted by molar-refractivity contribution is 5.84. The molecule has 0 radical (unpaired) electrons. The number of halogens is 1. The first-order chi connectivity index (χ1) is 16.5. The van der Waals surface area contributed by atoms with E-state index in [2.05, 4.69) is 12.1 Å². The van der Waals surface area contributed by atoms with Gasteiger partial charge in [0.05, 0.1) is 13.5 Å². The Kier molecular flexibility index (Phi) is 5.82. The van der Waals surface area contributed by atoms with Gasteiger partial charge < -0.3 is 14.7 Å². The molecule has 0 saturated heterocycles. The van der Waals surface area contributed by atoms with Gasteiger partial charge in [0.25, 0.3) is 0 Å². The van der Waals surface area contributed by atoms with Crippen molar-refractivity contribution in [1.82, 2.24) is 4.90 Å². The molecule has 1 aliphatic carbocycles. The van der Waals surface area contributed by atoms with Gasteiger partial charge in [0, 0.05) is 24.6 Å². The highest BCUT2D eigenvalue weighted by Crippen LogP contribution is 2.49. The van der Waals surface area contributed by atoms with Crippen molar-refractivity contribution in [2.45, 2.75) is 31.7 Å². The van der Waals surface area contributed by atoms with Crippen LogP contribution < -0.4 is 4.74 Å². The van der Waals surface area contributed by atoms with Crippen LogP contribution in [-0.4, -0.2) is 35.5 Å². The first-order valence-electron chi connectivity index (χ1n) is 11.5. The maximum Gasteiger partial charge on any atom is 0.307 e. The van der Waals surface area contributed by atoms with Crippen molar-refractivity contribution in [2.24, 2.45) is 5.92 Å². The molecule has 0 bridgehead atoms. The minimum atomic E-state index is -0.925. The lowest BCUT2D eigenvalue weighted by atomic mass is 9.89. The summed E-state index contributed by atoms with van der Waals surface area (Å²) in [5.74, 6) is -0.296. The molecule has 3 aromatic rings. The zero-order valence-electron chi connectivity index (χ0n) is 19.0. The zero-order valence-corrected chi connectivity index (χ0v) is 19.0. The molecule has 2 aliphatic rings. The predicted molar refractivity (Wildman–Crippen MR) is 126 cm³/mol. The summed E-state index contributed by atoms with van der Waals surface area (Å²) < 4.78 is 20.3. The number of methoxy groups -OCH3 is 1. The smallest absolute Gasteiger partial charge is 0.307 e. The molecule has 3 aromatic carbocycles. The van der Waals surface area contributed by atoms with Crippen molar-refractivity contribution in [3.8, 4) is 16.9 Å². The van der Waals surface area contributed by atoms with E-state index < -0.39 is 5.97 Å². The maximum atomic E-state index is 14.8. The lowest BCUT2D eigenvalue weighted by molar-refractivity contribution is -0.136. The maximum absolute atomic E-state index is 14.8. The molecule has 0 unspecified atom stereocenters. The third-order valence-corrected chi connectivity index (χ3v) is 6.91. The predicted octanol–water partition coefficient (Wildman–Crippen LogP) is 4.82. The number of nitrogens with zero attached hydrogens (tertiary/aromatic N) is 1. The molecule has 174 valence electrons. The molecule has 5 nitrogen and oxygen atoms in total. The van der Waals surface area contributed by atoms with Gasteiger partial charge >= 0.3 is 5.97 Å². The Morgan fingerprint density at radius 3 is 2.59 bits per heavy atom. The van der Waals surface area contributed by atoms with Gasteiger partial charge in [0.1, 0.15) is 11.6 Å². The second-order valence-electron chi connectivity index (χ2n) is 9.03. The van der Waals surface area contributed by atoms with Crippen LogP contribution in [0.1, 0.15) is 34.6 Å². The molecule has 1 saturated carbocycles. The minimum Gasteiger partial charge on any atom is -0.496 e.